The van der Waals surface area contributed by atoms with Crippen molar-refractivity contribution in [3.8, 4) is 5.75 Å². The van der Waals surface area contributed by atoms with Crippen molar-refractivity contribution in [3.63, 3.8) is 0 Å². The Labute approximate surface area is 77.8 Å². The number of phenolic OH excluding ortho intramolecular Hbond substituents is 1. The monoisotopic (exact) mass is 181 g/mol. The van der Waals surface area contributed by atoms with Crippen molar-refractivity contribution in [2.75, 3.05) is 0 Å². The Balaban J connectivity index is 3.05. The first-order valence-corrected chi connectivity index (χ1v) is 4.25. The summed E-state index contributed by atoms with van der Waals surface area (Å²) in [5.74, 6) is 0.178. The van der Waals surface area contributed by atoms with E-state index in [-0.39, 0.29) is 5.75 Å². The Hall–Kier alpha value is -1.06. The SMILES string of the molecule is Cc1ccc(O)cc1[C@H](N)[C@H](C)O. The molecule has 0 radical (unpaired) electrons. The molecule has 1 aromatic rings. The fraction of sp³-hybridized carbons (Fsp3) is 0.400. The Morgan fingerprint density at radius 2 is 2.00 bits per heavy atom. The second kappa shape index (κ2) is 3.77. The van der Waals surface area contributed by atoms with Crippen LogP contribution in [0, 0.1) is 6.92 Å². The van der Waals surface area contributed by atoms with Crippen molar-refractivity contribution >= 4 is 0 Å². The summed E-state index contributed by atoms with van der Waals surface area (Å²) in [4.78, 5) is 0. The van der Waals surface area contributed by atoms with Crippen LogP contribution < -0.4 is 5.73 Å². The summed E-state index contributed by atoms with van der Waals surface area (Å²) in [6.07, 6.45) is -0.611. The predicted molar refractivity (Wildman–Crippen MR) is 51.5 cm³/mol. The molecular formula is C10H15NO2. The van der Waals surface area contributed by atoms with Gasteiger partial charge in [-0.15, -0.1) is 0 Å². The molecule has 1 aromatic carbocycles. The van der Waals surface area contributed by atoms with Gasteiger partial charge in [-0.05, 0) is 37.1 Å². The largest absolute Gasteiger partial charge is 0.508 e. The van der Waals surface area contributed by atoms with Gasteiger partial charge in [0.25, 0.3) is 0 Å². The van der Waals surface area contributed by atoms with Gasteiger partial charge in [0, 0.05) is 0 Å². The van der Waals surface area contributed by atoms with Crippen LogP contribution >= 0.6 is 0 Å². The molecular weight excluding hydrogens is 166 g/mol. The molecule has 0 saturated heterocycles. The number of aromatic hydroxyl groups is 1. The Bertz CT molecular complexity index is 297. The van der Waals surface area contributed by atoms with E-state index in [4.69, 9.17) is 5.73 Å². The lowest BCUT2D eigenvalue weighted by Crippen LogP contribution is -2.23. The van der Waals surface area contributed by atoms with Crippen LogP contribution in [0.2, 0.25) is 0 Å². The Kier molecular flexibility index (Phi) is 2.90. The third-order valence-corrected chi connectivity index (χ3v) is 2.14. The van der Waals surface area contributed by atoms with Crippen molar-refractivity contribution < 1.29 is 10.2 Å². The normalized spacial score (nSPS) is 15.4. The van der Waals surface area contributed by atoms with Crippen molar-refractivity contribution in [1.29, 1.82) is 0 Å². The molecule has 72 valence electrons. The zero-order valence-corrected chi connectivity index (χ0v) is 7.86. The van der Waals surface area contributed by atoms with Crippen LogP contribution in [0.1, 0.15) is 24.1 Å². The van der Waals surface area contributed by atoms with E-state index in [0.29, 0.717) is 0 Å². The highest BCUT2D eigenvalue weighted by Gasteiger charge is 2.14. The molecule has 2 atom stereocenters. The number of aliphatic hydroxyl groups is 1. The summed E-state index contributed by atoms with van der Waals surface area (Å²) in [6.45, 7) is 3.53. The number of aliphatic hydroxyl groups excluding tert-OH is 1. The number of hydrogen-bond acceptors (Lipinski definition) is 3. The standard InChI is InChI=1S/C10H15NO2/c1-6-3-4-8(13)5-9(6)10(11)7(2)12/h3-5,7,10,12-13H,11H2,1-2H3/t7-,10+/m0/s1. The van der Waals surface area contributed by atoms with Crippen LogP contribution in [-0.2, 0) is 0 Å². The van der Waals surface area contributed by atoms with Crippen molar-refractivity contribution in [3.05, 3.63) is 29.3 Å². The van der Waals surface area contributed by atoms with E-state index in [0.717, 1.165) is 11.1 Å². The molecule has 3 nitrogen and oxygen atoms in total. The minimum Gasteiger partial charge on any atom is -0.508 e. The van der Waals surface area contributed by atoms with Gasteiger partial charge in [0.05, 0.1) is 12.1 Å². The first kappa shape index (κ1) is 10.0. The molecule has 0 heterocycles. The van der Waals surface area contributed by atoms with Gasteiger partial charge in [-0.1, -0.05) is 6.07 Å². The fourth-order valence-corrected chi connectivity index (χ4v) is 1.25. The molecule has 0 saturated carbocycles. The first-order valence-electron chi connectivity index (χ1n) is 4.25. The molecule has 1 rings (SSSR count). The third kappa shape index (κ3) is 2.20. The van der Waals surface area contributed by atoms with E-state index in [2.05, 4.69) is 0 Å². The van der Waals surface area contributed by atoms with Crippen LogP contribution in [0.5, 0.6) is 5.75 Å². The summed E-state index contributed by atoms with van der Waals surface area (Å²) in [7, 11) is 0. The zero-order valence-electron chi connectivity index (χ0n) is 7.86. The second-order valence-electron chi connectivity index (χ2n) is 3.31. The Morgan fingerprint density at radius 1 is 1.38 bits per heavy atom. The summed E-state index contributed by atoms with van der Waals surface area (Å²) in [6, 6.07) is 4.54. The van der Waals surface area contributed by atoms with Crippen LogP contribution in [0.25, 0.3) is 0 Å². The minimum absolute atomic E-state index is 0.178. The van der Waals surface area contributed by atoms with Gasteiger partial charge in [-0.3, -0.25) is 0 Å². The number of nitrogens with two attached hydrogens (primary N) is 1. The maximum atomic E-state index is 9.28. The van der Waals surface area contributed by atoms with Crippen molar-refractivity contribution in [2.45, 2.75) is 26.0 Å². The first-order chi connectivity index (χ1) is 6.02. The summed E-state index contributed by atoms with van der Waals surface area (Å²) in [5, 5.41) is 18.5. The highest BCUT2D eigenvalue weighted by atomic mass is 16.3. The van der Waals surface area contributed by atoms with Gasteiger partial charge in [-0.25, -0.2) is 0 Å². The maximum Gasteiger partial charge on any atom is 0.115 e. The van der Waals surface area contributed by atoms with E-state index in [1.165, 1.54) is 0 Å². The summed E-state index contributed by atoms with van der Waals surface area (Å²) < 4.78 is 0. The summed E-state index contributed by atoms with van der Waals surface area (Å²) in [5.41, 5.74) is 7.51. The molecule has 3 heteroatoms. The lowest BCUT2D eigenvalue weighted by atomic mass is 9.98. The van der Waals surface area contributed by atoms with Crippen molar-refractivity contribution in [2.24, 2.45) is 5.73 Å². The molecule has 13 heavy (non-hydrogen) atoms. The molecule has 0 spiro atoms. The van der Waals surface area contributed by atoms with E-state index >= 15 is 0 Å². The highest BCUT2D eigenvalue weighted by molar-refractivity contribution is 5.36. The highest BCUT2D eigenvalue weighted by Crippen LogP contribution is 2.22. The molecule has 0 fully saturated rings. The van der Waals surface area contributed by atoms with Gasteiger partial charge in [-0.2, -0.15) is 0 Å². The van der Waals surface area contributed by atoms with Gasteiger partial charge >= 0.3 is 0 Å². The van der Waals surface area contributed by atoms with Gasteiger partial charge in [0.1, 0.15) is 5.75 Å². The molecule has 0 aliphatic rings. The summed E-state index contributed by atoms with van der Waals surface area (Å²) >= 11 is 0. The van der Waals surface area contributed by atoms with Gasteiger partial charge in [0.15, 0.2) is 0 Å². The molecule has 0 unspecified atom stereocenters. The third-order valence-electron chi connectivity index (χ3n) is 2.14. The van der Waals surface area contributed by atoms with E-state index in [1.54, 1.807) is 25.1 Å². The number of rotatable bonds is 2. The van der Waals surface area contributed by atoms with E-state index < -0.39 is 12.1 Å². The molecule has 0 aliphatic heterocycles. The lowest BCUT2D eigenvalue weighted by molar-refractivity contribution is 0.164. The van der Waals surface area contributed by atoms with Crippen LogP contribution in [-0.4, -0.2) is 16.3 Å². The predicted octanol–water partition coefficient (Wildman–Crippen LogP) is 1.08. The Morgan fingerprint density at radius 3 is 2.54 bits per heavy atom. The van der Waals surface area contributed by atoms with Crippen molar-refractivity contribution in [1.82, 2.24) is 0 Å². The zero-order chi connectivity index (χ0) is 10.0. The molecule has 0 amide bonds. The maximum absolute atomic E-state index is 9.28. The number of hydrogen-bond donors (Lipinski definition) is 3. The van der Waals surface area contributed by atoms with E-state index in [1.807, 2.05) is 6.92 Å². The van der Waals surface area contributed by atoms with Crippen LogP contribution in [0.4, 0.5) is 0 Å². The van der Waals surface area contributed by atoms with Gasteiger partial charge < -0.3 is 15.9 Å². The molecule has 0 aliphatic carbocycles. The molecule has 0 aromatic heterocycles. The average molecular weight is 181 g/mol. The molecule has 0 bridgehead atoms. The van der Waals surface area contributed by atoms with Crippen LogP contribution in [0.3, 0.4) is 0 Å². The number of aryl methyl sites for hydroxylation is 1. The van der Waals surface area contributed by atoms with E-state index in [9.17, 15) is 10.2 Å². The lowest BCUT2D eigenvalue weighted by Gasteiger charge is -2.17. The minimum atomic E-state index is -0.611. The molecule has 4 N–H and O–H groups in total. The average Bonchev–Trinajstić information content (AvgIpc) is 2.08. The quantitative estimate of drug-likeness (QED) is 0.639. The fourth-order valence-electron chi connectivity index (χ4n) is 1.25. The number of benzene rings is 1. The smallest absolute Gasteiger partial charge is 0.115 e. The van der Waals surface area contributed by atoms with Crippen LogP contribution in [0.15, 0.2) is 18.2 Å². The topological polar surface area (TPSA) is 66.5 Å². The van der Waals surface area contributed by atoms with Gasteiger partial charge in [0.2, 0.25) is 0 Å². The number of phenols is 1. The second-order valence-corrected chi connectivity index (χ2v) is 3.31.